The van der Waals surface area contributed by atoms with E-state index in [0.717, 1.165) is 17.6 Å². The molecule has 2 atom stereocenters. The van der Waals surface area contributed by atoms with E-state index < -0.39 is 0 Å². The van der Waals surface area contributed by atoms with Crippen LogP contribution in [-0.4, -0.2) is 18.8 Å². The minimum Gasteiger partial charge on any atom is -0.491 e. The zero-order valence-corrected chi connectivity index (χ0v) is 18.8. The van der Waals surface area contributed by atoms with Gasteiger partial charge in [0.05, 0.1) is 6.10 Å². The Kier molecular flexibility index (Phi) is 7.49. The van der Waals surface area contributed by atoms with Crippen LogP contribution in [-0.2, 0) is 4.74 Å². The van der Waals surface area contributed by atoms with Gasteiger partial charge >= 0.3 is 0 Å². The molecule has 162 valence electrons. The number of hydrogen-bond donors (Lipinski definition) is 0. The van der Waals surface area contributed by atoms with Crippen LogP contribution < -0.4 is 4.74 Å². The Morgan fingerprint density at radius 3 is 2.07 bits per heavy atom. The van der Waals surface area contributed by atoms with Crippen molar-refractivity contribution in [1.29, 1.82) is 0 Å². The van der Waals surface area contributed by atoms with Gasteiger partial charge in [-0.3, -0.25) is 0 Å². The quantitative estimate of drug-likeness (QED) is 0.376. The SMILES string of the molecule is CCCC[C@@H]1O[C@H]1COc1ccc(-c2ccc([C@H]3CC[C@H](CCC)CC3)cc2)cc1. The molecule has 2 fully saturated rings. The van der Waals surface area contributed by atoms with Gasteiger partial charge in [0.25, 0.3) is 0 Å². The van der Waals surface area contributed by atoms with E-state index in [-0.39, 0.29) is 0 Å². The summed E-state index contributed by atoms with van der Waals surface area (Å²) < 4.78 is 11.6. The van der Waals surface area contributed by atoms with Gasteiger partial charge < -0.3 is 9.47 Å². The Hall–Kier alpha value is -1.80. The summed E-state index contributed by atoms with van der Waals surface area (Å²) in [5.74, 6) is 2.66. The molecule has 0 bridgehead atoms. The van der Waals surface area contributed by atoms with Crippen molar-refractivity contribution in [2.45, 2.75) is 89.8 Å². The highest BCUT2D eigenvalue weighted by Crippen LogP contribution is 2.38. The van der Waals surface area contributed by atoms with E-state index in [0.29, 0.717) is 18.8 Å². The molecule has 0 unspecified atom stereocenters. The molecule has 4 rings (SSSR count). The lowest BCUT2D eigenvalue weighted by Gasteiger charge is -2.28. The van der Waals surface area contributed by atoms with Crippen molar-refractivity contribution in [3.63, 3.8) is 0 Å². The van der Waals surface area contributed by atoms with Crippen LogP contribution in [0.3, 0.4) is 0 Å². The van der Waals surface area contributed by atoms with Crippen LogP contribution >= 0.6 is 0 Å². The highest BCUT2D eigenvalue weighted by Gasteiger charge is 2.38. The molecule has 0 aromatic heterocycles. The normalized spacial score (nSPS) is 25.8. The first-order valence-corrected chi connectivity index (χ1v) is 12.3. The molecule has 0 N–H and O–H groups in total. The molecule has 2 nitrogen and oxygen atoms in total. The van der Waals surface area contributed by atoms with Crippen molar-refractivity contribution < 1.29 is 9.47 Å². The fourth-order valence-electron chi connectivity index (χ4n) is 5.05. The molecule has 1 heterocycles. The van der Waals surface area contributed by atoms with E-state index in [1.165, 1.54) is 74.5 Å². The van der Waals surface area contributed by atoms with Crippen molar-refractivity contribution >= 4 is 0 Å². The number of rotatable bonds is 10. The molecule has 0 spiro atoms. The summed E-state index contributed by atoms with van der Waals surface area (Å²) >= 11 is 0. The first-order chi connectivity index (χ1) is 14.8. The minimum absolute atomic E-state index is 0.292. The average Bonchev–Trinajstić information content (AvgIpc) is 3.56. The fourth-order valence-corrected chi connectivity index (χ4v) is 5.05. The van der Waals surface area contributed by atoms with Crippen molar-refractivity contribution in [2.24, 2.45) is 5.92 Å². The average molecular weight is 407 g/mol. The molecular formula is C28H38O2. The summed E-state index contributed by atoms with van der Waals surface area (Å²) in [6, 6.07) is 17.8. The van der Waals surface area contributed by atoms with Gasteiger partial charge in [0.1, 0.15) is 18.5 Å². The van der Waals surface area contributed by atoms with E-state index in [1.54, 1.807) is 0 Å². The lowest BCUT2D eigenvalue weighted by Crippen LogP contribution is -2.13. The summed E-state index contributed by atoms with van der Waals surface area (Å²) in [5, 5.41) is 0. The maximum atomic E-state index is 5.93. The third kappa shape index (κ3) is 5.66. The summed E-state index contributed by atoms with van der Waals surface area (Å²) in [6.45, 7) is 5.21. The van der Waals surface area contributed by atoms with Gasteiger partial charge in [0.2, 0.25) is 0 Å². The molecule has 1 saturated carbocycles. The second-order valence-corrected chi connectivity index (χ2v) is 9.32. The Balaban J connectivity index is 1.26. The number of epoxide rings is 1. The van der Waals surface area contributed by atoms with Crippen molar-refractivity contribution in [2.75, 3.05) is 6.61 Å². The van der Waals surface area contributed by atoms with Crippen LogP contribution in [0, 0.1) is 5.92 Å². The van der Waals surface area contributed by atoms with Crippen LogP contribution in [0.25, 0.3) is 11.1 Å². The highest BCUT2D eigenvalue weighted by atomic mass is 16.6. The Bertz CT molecular complexity index is 756. The number of benzene rings is 2. The maximum absolute atomic E-state index is 5.93. The molecule has 30 heavy (non-hydrogen) atoms. The summed E-state index contributed by atoms with van der Waals surface area (Å²) in [4.78, 5) is 0. The fraction of sp³-hybridized carbons (Fsp3) is 0.571. The molecule has 1 saturated heterocycles. The predicted molar refractivity (Wildman–Crippen MR) is 125 cm³/mol. The first kappa shape index (κ1) is 21.4. The monoisotopic (exact) mass is 406 g/mol. The summed E-state index contributed by atoms with van der Waals surface area (Å²) in [6.07, 6.45) is 12.6. The van der Waals surface area contributed by atoms with Gasteiger partial charge in [0, 0.05) is 0 Å². The van der Waals surface area contributed by atoms with E-state index in [9.17, 15) is 0 Å². The standard InChI is InChI=1S/C28H38O2/c1-3-5-7-27-28(30-27)20-29-26-18-16-25(17-19-26)24-14-12-23(13-15-24)22-10-8-21(6-4-2)9-11-22/h12-19,21-22,27-28H,3-11,20H2,1-2H3/t21-,22-,27-,28-/m0/s1. The number of unbranched alkanes of at least 4 members (excludes halogenated alkanes) is 1. The molecule has 1 aliphatic heterocycles. The van der Waals surface area contributed by atoms with Crippen LogP contribution in [0.4, 0.5) is 0 Å². The maximum Gasteiger partial charge on any atom is 0.119 e. The van der Waals surface area contributed by atoms with Crippen LogP contribution in [0.15, 0.2) is 48.5 Å². The molecule has 2 aliphatic rings. The molecule has 2 aromatic carbocycles. The van der Waals surface area contributed by atoms with E-state index in [2.05, 4.69) is 62.4 Å². The van der Waals surface area contributed by atoms with Gasteiger partial charge in [-0.15, -0.1) is 0 Å². The van der Waals surface area contributed by atoms with Crippen molar-refractivity contribution in [1.82, 2.24) is 0 Å². The van der Waals surface area contributed by atoms with Crippen molar-refractivity contribution in [3.8, 4) is 16.9 Å². The predicted octanol–water partition coefficient (Wildman–Crippen LogP) is 7.76. The lowest BCUT2D eigenvalue weighted by atomic mass is 9.77. The third-order valence-corrected chi connectivity index (χ3v) is 7.06. The van der Waals surface area contributed by atoms with Gasteiger partial charge in [0.15, 0.2) is 0 Å². The van der Waals surface area contributed by atoms with Gasteiger partial charge in [-0.2, -0.15) is 0 Å². The van der Waals surface area contributed by atoms with Crippen LogP contribution in [0.1, 0.15) is 83.1 Å². The Labute approximate surface area is 183 Å². The topological polar surface area (TPSA) is 21.8 Å². The Morgan fingerprint density at radius 2 is 1.43 bits per heavy atom. The minimum atomic E-state index is 0.292. The largest absolute Gasteiger partial charge is 0.491 e. The zero-order valence-electron chi connectivity index (χ0n) is 18.8. The summed E-state index contributed by atoms with van der Waals surface area (Å²) in [7, 11) is 0. The van der Waals surface area contributed by atoms with Gasteiger partial charge in [-0.25, -0.2) is 0 Å². The third-order valence-electron chi connectivity index (χ3n) is 7.06. The summed E-state index contributed by atoms with van der Waals surface area (Å²) in [5.41, 5.74) is 4.06. The highest BCUT2D eigenvalue weighted by molar-refractivity contribution is 5.64. The molecule has 2 aromatic rings. The first-order valence-electron chi connectivity index (χ1n) is 12.3. The molecular weight excluding hydrogens is 368 g/mol. The smallest absolute Gasteiger partial charge is 0.119 e. The van der Waals surface area contributed by atoms with E-state index >= 15 is 0 Å². The van der Waals surface area contributed by atoms with E-state index in [1.807, 2.05) is 0 Å². The van der Waals surface area contributed by atoms with Crippen molar-refractivity contribution in [3.05, 3.63) is 54.1 Å². The molecule has 0 amide bonds. The second-order valence-electron chi connectivity index (χ2n) is 9.32. The zero-order chi connectivity index (χ0) is 20.8. The number of ether oxygens (including phenoxy) is 2. The van der Waals surface area contributed by atoms with E-state index in [4.69, 9.17) is 9.47 Å². The molecule has 0 radical (unpaired) electrons. The van der Waals surface area contributed by atoms with Crippen LogP contribution in [0.2, 0.25) is 0 Å². The molecule has 2 heteroatoms. The number of hydrogen-bond acceptors (Lipinski definition) is 2. The lowest BCUT2D eigenvalue weighted by molar-refractivity contribution is 0.259. The van der Waals surface area contributed by atoms with Gasteiger partial charge in [-0.1, -0.05) is 75.9 Å². The Morgan fingerprint density at radius 1 is 0.767 bits per heavy atom. The molecule has 1 aliphatic carbocycles. The van der Waals surface area contributed by atoms with Gasteiger partial charge in [-0.05, 0) is 72.8 Å². The second kappa shape index (κ2) is 10.5. The van der Waals surface area contributed by atoms with Crippen LogP contribution in [0.5, 0.6) is 5.75 Å².